The van der Waals surface area contributed by atoms with Crippen molar-refractivity contribution in [2.75, 3.05) is 13.7 Å². The van der Waals surface area contributed by atoms with Gasteiger partial charge in [-0.05, 0) is 12.5 Å². The Labute approximate surface area is 96.7 Å². The van der Waals surface area contributed by atoms with Crippen LogP contribution in [0.2, 0.25) is 0 Å². The Morgan fingerprint density at radius 2 is 1.94 bits per heavy atom. The Hall–Kier alpha value is -0.910. The topological polar surface area (TPSA) is 55.4 Å². The van der Waals surface area contributed by atoms with Gasteiger partial charge in [-0.25, -0.2) is 13.1 Å². The molecule has 1 N–H and O–H groups in total. The number of hydrogen-bond acceptors (Lipinski definition) is 3. The lowest BCUT2D eigenvalue weighted by Crippen LogP contribution is -2.32. The van der Waals surface area contributed by atoms with Gasteiger partial charge in [0.05, 0.1) is 11.9 Å². The van der Waals surface area contributed by atoms with Crippen LogP contribution in [0, 0.1) is 0 Å². The Kier molecular flexibility index (Phi) is 4.92. The lowest BCUT2D eigenvalue weighted by atomic mass is 10.2. The summed E-state index contributed by atoms with van der Waals surface area (Å²) in [7, 11) is -1.72. The quantitative estimate of drug-likeness (QED) is 0.815. The SMILES string of the molecule is COC(C)CNS(=O)(=O)Cc1ccccc1. The van der Waals surface area contributed by atoms with E-state index < -0.39 is 10.0 Å². The minimum absolute atomic E-state index is 0.00424. The van der Waals surface area contributed by atoms with Crippen molar-refractivity contribution < 1.29 is 13.2 Å². The Morgan fingerprint density at radius 1 is 1.31 bits per heavy atom. The van der Waals surface area contributed by atoms with Gasteiger partial charge in [0.1, 0.15) is 0 Å². The van der Waals surface area contributed by atoms with Gasteiger partial charge < -0.3 is 4.74 Å². The van der Waals surface area contributed by atoms with Crippen LogP contribution in [-0.4, -0.2) is 28.2 Å². The highest BCUT2D eigenvalue weighted by atomic mass is 32.2. The summed E-state index contributed by atoms with van der Waals surface area (Å²) in [6.45, 7) is 2.11. The molecule has 0 aliphatic heterocycles. The van der Waals surface area contributed by atoms with Crippen molar-refractivity contribution >= 4 is 10.0 Å². The summed E-state index contributed by atoms with van der Waals surface area (Å²) in [5, 5.41) is 0. The third kappa shape index (κ3) is 4.74. The molecule has 0 bridgehead atoms. The Morgan fingerprint density at radius 3 is 2.50 bits per heavy atom. The Bertz CT molecular complexity index is 402. The van der Waals surface area contributed by atoms with E-state index in [9.17, 15) is 8.42 Å². The maximum Gasteiger partial charge on any atom is 0.215 e. The molecule has 1 aromatic rings. The molecule has 0 heterocycles. The number of benzene rings is 1. The standard InChI is InChI=1S/C11H17NO3S/c1-10(15-2)8-12-16(13,14)9-11-6-4-3-5-7-11/h3-7,10,12H,8-9H2,1-2H3. The first-order chi connectivity index (χ1) is 7.53. The maximum atomic E-state index is 11.7. The molecule has 90 valence electrons. The zero-order chi connectivity index (χ0) is 12.0. The fourth-order valence-electron chi connectivity index (χ4n) is 1.17. The molecule has 0 fully saturated rings. The summed E-state index contributed by atoms with van der Waals surface area (Å²) < 4.78 is 30.8. The van der Waals surface area contributed by atoms with Crippen LogP contribution in [-0.2, 0) is 20.5 Å². The van der Waals surface area contributed by atoms with E-state index in [0.717, 1.165) is 5.56 Å². The Balaban J connectivity index is 2.53. The highest BCUT2D eigenvalue weighted by Gasteiger charge is 2.12. The number of methoxy groups -OCH3 is 1. The van der Waals surface area contributed by atoms with E-state index in [1.165, 1.54) is 0 Å². The lowest BCUT2D eigenvalue weighted by molar-refractivity contribution is 0.122. The molecule has 0 aliphatic carbocycles. The van der Waals surface area contributed by atoms with Gasteiger partial charge in [0.15, 0.2) is 0 Å². The van der Waals surface area contributed by atoms with Crippen LogP contribution in [0.25, 0.3) is 0 Å². The van der Waals surface area contributed by atoms with Crippen LogP contribution in [0.15, 0.2) is 30.3 Å². The fourth-order valence-corrected chi connectivity index (χ4v) is 2.39. The van der Waals surface area contributed by atoms with Crippen molar-refractivity contribution in [2.45, 2.75) is 18.8 Å². The van der Waals surface area contributed by atoms with Gasteiger partial charge in [-0.3, -0.25) is 0 Å². The average Bonchev–Trinajstić information content (AvgIpc) is 2.27. The van der Waals surface area contributed by atoms with Gasteiger partial charge in [0, 0.05) is 13.7 Å². The highest BCUT2D eigenvalue weighted by molar-refractivity contribution is 7.88. The number of rotatable bonds is 6. The van der Waals surface area contributed by atoms with Crippen molar-refractivity contribution in [1.29, 1.82) is 0 Å². The van der Waals surface area contributed by atoms with E-state index in [4.69, 9.17) is 4.74 Å². The molecular formula is C11H17NO3S. The van der Waals surface area contributed by atoms with Gasteiger partial charge in [-0.15, -0.1) is 0 Å². The molecule has 0 aromatic heterocycles. The smallest absolute Gasteiger partial charge is 0.215 e. The average molecular weight is 243 g/mol. The molecule has 0 aliphatic rings. The lowest BCUT2D eigenvalue weighted by Gasteiger charge is -2.11. The number of sulfonamides is 1. The minimum atomic E-state index is -3.27. The molecule has 0 radical (unpaired) electrons. The molecule has 1 atom stereocenters. The maximum absolute atomic E-state index is 11.7. The number of ether oxygens (including phenoxy) is 1. The van der Waals surface area contributed by atoms with Gasteiger partial charge in [0.25, 0.3) is 0 Å². The van der Waals surface area contributed by atoms with Crippen molar-refractivity contribution in [3.05, 3.63) is 35.9 Å². The summed E-state index contributed by atoms with van der Waals surface area (Å²) in [6.07, 6.45) is -0.120. The molecule has 0 saturated heterocycles. The normalized spacial score (nSPS) is 13.6. The monoisotopic (exact) mass is 243 g/mol. The predicted molar refractivity (Wildman–Crippen MR) is 63.5 cm³/mol. The third-order valence-electron chi connectivity index (χ3n) is 2.19. The summed E-state index contributed by atoms with van der Waals surface area (Å²) in [5.41, 5.74) is 0.778. The zero-order valence-electron chi connectivity index (χ0n) is 9.51. The second-order valence-electron chi connectivity index (χ2n) is 3.64. The van der Waals surface area contributed by atoms with Gasteiger partial charge in [-0.2, -0.15) is 0 Å². The van der Waals surface area contributed by atoms with E-state index in [0.29, 0.717) is 6.54 Å². The second kappa shape index (κ2) is 5.98. The second-order valence-corrected chi connectivity index (χ2v) is 5.45. The fraction of sp³-hybridized carbons (Fsp3) is 0.455. The summed E-state index contributed by atoms with van der Waals surface area (Å²) in [5.74, 6) is 0.00424. The molecule has 16 heavy (non-hydrogen) atoms. The number of hydrogen-bond donors (Lipinski definition) is 1. The van der Waals surface area contributed by atoms with Crippen molar-refractivity contribution in [1.82, 2.24) is 4.72 Å². The largest absolute Gasteiger partial charge is 0.380 e. The molecule has 5 heteroatoms. The van der Waals surface area contributed by atoms with Gasteiger partial charge >= 0.3 is 0 Å². The van der Waals surface area contributed by atoms with E-state index in [1.807, 2.05) is 25.1 Å². The van der Waals surface area contributed by atoms with E-state index in [1.54, 1.807) is 19.2 Å². The zero-order valence-corrected chi connectivity index (χ0v) is 10.3. The first-order valence-electron chi connectivity index (χ1n) is 5.07. The van der Waals surface area contributed by atoms with Crippen molar-refractivity contribution in [3.8, 4) is 0 Å². The van der Waals surface area contributed by atoms with Crippen LogP contribution in [0.5, 0.6) is 0 Å². The van der Waals surface area contributed by atoms with Gasteiger partial charge in [-0.1, -0.05) is 30.3 Å². The highest BCUT2D eigenvalue weighted by Crippen LogP contribution is 2.03. The van der Waals surface area contributed by atoms with E-state index in [2.05, 4.69) is 4.72 Å². The van der Waals surface area contributed by atoms with Crippen LogP contribution in [0.1, 0.15) is 12.5 Å². The molecule has 1 rings (SSSR count). The van der Waals surface area contributed by atoms with Crippen LogP contribution in [0.3, 0.4) is 0 Å². The predicted octanol–water partition coefficient (Wildman–Crippen LogP) is 1.14. The molecule has 0 spiro atoms. The molecule has 1 unspecified atom stereocenters. The van der Waals surface area contributed by atoms with Crippen molar-refractivity contribution in [3.63, 3.8) is 0 Å². The summed E-state index contributed by atoms with van der Waals surface area (Å²) in [4.78, 5) is 0. The first kappa shape index (κ1) is 13.2. The van der Waals surface area contributed by atoms with Gasteiger partial charge in [0.2, 0.25) is 10.0 Å². The molecule has 0 saturated carbocycles. The molecule has 4 nitrogen and oxygen atoms in total. The first-order valence-corrected chi connectivity index (χ1v) is 6.73. The molecular weight excluding hydrogens is 226 g/mol. The third-order valence-corrected chi connectivity index (χ3v) is 3.51. The summed E-state index contributed by atoms with van der Waals surface area (Å²) >= 11 is 0. The van der Waals surface area contributed by atoms with Crippen LogP contribution < -0.4 is 4.72 Å². The van der Waals surface area contributed by atoms with Crippen LogP contribution in [0.4, 0.5) is 0 Å². The van der Waals surface area contributed by atoms with E-state index >= 15 is 0 Å². The van der Waals surface area contributed by atoms with Crippen molar-refractivity contribution in [2.24, 2.45) is 0 Å². The van der Waals surface area contributed by atoms with E-state index in [-0.39, 0.29) is 11.9 Å². The molecule has 1 aromatic carbocycles. The van der Waals surface area contributed by atoms with Crippen LogP contribution >= 0.6 is 0 Å². The number of nitrogens with one attached hydrogen (secondary N) is 1. The summed E-state index contributed by atoms with van der Waals surface area (Å²) in [6, 6.07) is 9.08. The minimum Gasteiger partial charge on any atom is -0.380 e. The molecule has 0 amide bonds.